The summed E-state index contributed by atoms with van der Waals surface area (Å²) in [4.78, 5) is 25.9. The summed E-state index contributed by atoms with van der Waals surface area (Å²) < 4.78 is 10.5. The number of carbonyl (C=O) groups is 2. The molecule has 0 aliphatic heterocycles. The average Bonchev–Trinajstić information content (AvgIpc) is 2.79. The number of amides is 2. The van der Waals surface area contributed by atoms with Gasteiger partial charge in [0.25, 0.3) is 11.8 Å². The van der Waals surface area contributed by atoms with E-state index in [1.807, 2.05) is 25.1 Å². The number of hydrogen-bond acceptors (Lipinski definition) is 4. The number of anilines is 1. The van der Waals surface area contributed by atoms with Gasteiger partial charge in [-0.25, -0.2) is 0 Å². The molecule has 0 aliphatic rings. The van der Waals surface area contributed by atoms with E-state index < -0.39 is 5.91 Å². The number of nitrogens with one attached hydrogen (secondary N) is 2. The van der Waals surface area contributed by atoms with E-state index in [4.69, 9.17) is 9.47 Å². The van der Waals surface area contributed by atoms with Crippen molar-refractivity contribution in [3.63, 3.8) is 0 Å². The second kappa shape index (κ2) is 10.1. The maximum atomic E-state index is 13.0. The summed E-state index contributed by atoms with van der Waals surface area (Å²) in [7, 11) is 3.12. The molecule has 6 nitrogen and oxygen atoms in total. The fourth-order valence-corrected chi connectivity index (χ4v) is 2.95. The fourth-order valence-electron chi connectivity index (χ4n) is 2.95. The predicted molar refractivity (Wildman–Crippen MR) is 121 cm³/mol. The topological polar surface area (TPSA) is 76.7 Å². The molecule has 31 heavy (non-hydrogen) atoms. The zero-order valence-corrected chi connectivity index (χ0v) is 17.6. The molecule has 2 N–H and O–H groups in total. The monoisotopic (exact) mass is 416 g/mol. The van der Waals surface area contributed by atoms with Crippen molar-refractivity contribution in [2.24, 2.45) is 0 Å². The van der Waals surface area contributed by atoms with Crippen LogP contribution < -0.4 is 20.1 Å². The Morgan fingerprint density at radius 3 is 2.29 bits per heavy atom. The SMILES string of the molecule is COc1ccc(NC(=O)C(=Cc2ccccc2OC)NC(=O)c2cccc(C)c2)cc1. The largest absolute Gasteiger partial charge is 0.497 e. The number of aryl methyl sites for hydroxylation is 1. The first-order valence-electron chi connectivity index (χ1n) is 9.68. The van der Waals surface area contributed by atoms with Gasteiger partial charge in [0.1, 0.15) is 17.2 Å². The zero-order chi connectivity index (χ0) is 22.2. The normalized spacial score (nSPS) is 10.9. The number of hydrogen-bond donors (Lipinski definition) is 2. The molecule has 3 aromatic carbocycles. The highest BCUT2D eigenvalue weighted by Gasteiger charge is 2.16. The molecule has 0 bridgehead atoms. The first-order chi connectivity index (χ1) is 15.0. The number of rotatable bonds is 7. The Labute approximate surface area is 181 Å². The number of para-hydroxylation sites is 1. The third-order valence-electron chi connectivity index (χ3n) is 4.56. The summed E-state index contributed by atoms with van der Waals surface area (Å²) in [6, 6.07) is 21.3. The minimum absolute atomic E-state index is 0.0897. The van der Waals surface area contributed by atoms with Crippen LogP contribution in [0, 0.1) is 6.92 Å². The molecule has 0 spiro atoms. The summed E-state index contributed by atoms with van der Waals surface area (Å²) in [6.07, 6.45) is 1.59. The second-order valence-electron chi connectivity index (χ2n) is 6.81. The minimum Gasteiger partial charge on any atom is -0.497 e. The highest BCUT2D eigenvalue weighted by atomic mass is 16.5. The van der Waals surface area contributed by atoms with Gasteiger partial charge in [-0.1, -0.05) is 35.9 Å². The van der Waals surface area contributed by atoms with Gasteiger partial charge in [-0.05, 0) is 55.5 Å². The lowest BCUT2D eigenvalue weighted by molar-refractivity contribution is -0.113. The molecule has 0 saturated heterocycles. The Bertz CT molecular complexity index is 1100. The van der Waals surface area contributed by atoms with Crippen LogP contribution in [0.5, 0.6) is 11.5 Å². The number of benzene rings is 3. The molecule has 0 saturated carbocycles. The second-order valence-corrected chi connectivity index (χ2v) is 6.81. The average molecular weight is 416 g/mol. The summed E-state index contributed by atoms with van der Waals surface area (Å²) in [5.74, 6) is 0.421. The lowest BCUT2D eigenvalue weighted by Gasteiger charge is -2.13. The smallest absolute Gasteiger partial charge is 0.272 e. The van der Waals surface area contributed by atoms with Crippen LogP contribution >= 0.6 is 0 Å². The predicted octanol–water partition coefficient (Wildman–Crippen LogP) is 4.42. The summed E-state index contributed by atoms with van der Waals surface area (Å²) in [5, 5.41) is 5.53. The molecule has 0 fully saturated rings. The standard InChI is InChI=1S/C25H24N2O4/c1-17-7-6-9-19(15-17)24(28)27-22(16-18-8-4-5-10-23(18)31-3)25(29)26-20-11-13-21(30-2)14-12-20/h4-16H,1-3H3,(H,26,29)(H,27,28). The highest BCUT2D eigenvalue weighted by Crippen LogP contribution is 2.21. The third-order valence-corrected chi connectivity index (χ3v) is 4.56. The molecular weight excluding hydrogens is 392 g/mol. The molecule has 0 atom stereocenters. The van der Waals surface area contributed by atoms with E-state index in [2.05, 4.69) is 10.6 Å². The van der Waals surface area contributed by atoms with Crippen LogP contribution in [0.3, 0.4) is 0 Å². The van der Waals surface area contributed by atoms with Crippen LogP contribution in [0.25, 0.3) is 6.08 Å². The molecule has 6 heteroatoms. The van der Waals surface area contributed by atoms with Crippen LogP contribution in [0.4, 0.5) is 5.69 Å². The van der Waals surface area contributed by atoms with Gasteiger partial charge in [-0.2, -0.15) is 0 Å². The Balaban J connectivity index is 1.91. The molecule has 0 aliphatic carbocycles. The van der Waals surface area contributed by atoms with E-state index in [9.17, 15) is 9.59 Å². The molecular formula is C25H24N2O4. The molecule has 3 rings (SSSR count). The van der Waals surface area contributed by atoms with E-state index in [0.29, 0.717) is 28.3 Å². The molecule has 2 amide bonds. The Morgan fingerprint density at radius 1 is 0.871 bits per heavy atom. The van der Waals surface area contributed by atoms with Crippen molar-refractivity contribution >= 4 is 23.6 Å². The van der Waals surface area contributed by atoms with E-state index in [1.54, 1.807) is 74.9 Å². The van der Waals surface area contributed by atoms with Crippen molar-refractivity contribution in [3.8, 4) is 11.5 Å². The molecule has 0 radical (unpaired) electrons. The maximum absolute atomic E-state index is 13.0. The van der Waals surface area contributed by atoms with Crippen LogP contribution in [0.15, 0.2) is 78.5 Å². The van der Waals surface area contributed by atoms with Crippen LogP contribution in [-0.2, 0) is 4.79 Å². The minimum atomic E-state index is -0.461. The van der Waals surface area contributed by atoms with E-state index in [-0.39, 0.29) is 11.6 Å². The van der Waals surface area contributed by atoms with Crippen LogP contribution in [0.2, 0.25) is 0 Å². The Kier molecular flexibility index (Phi) is 7.06. The number of methoxy groups -OCH3 is 2. The van der Waals surface area contributed by atoms with Gasteiger partial charge >= 0.3 is 0 Å². The van der Waals surface area contributed by atoms with Crippen molar-refractivity contribution in [2.75, 3.05) is 19.5 Å². The van der Waals surface area contributed by atoms with Crippen molar-refractivity contribution in [1.29, 1.82) is 0 Å². The van der Waals surface area contributed by atoms with Gasteiger partial charge in [0.05, 0.1) is 14.2 Å². The highest BCUT2D eigenvalue weighted by molar-refractivity contribution is 6.10. The van der Waals surface area contributed by atoms with Gasteiger partial charge < -0.3 is 20.1 Å². The molecule has 3 aromatic rings. The summed E-state index contributed by atoms with van der Waals surface area (Å²) in [6.45, 7) is 1.90. The third kappa shape index (κ3) is 5.73. The maximum Gasteiger partial charge on any atom is 0.272 e. The van der Waals surface area contributed by atoms with Gasteiger partial charge in [-0.3, -0.25) is 9.59 Å². The number of ether oxygens (including phenoxy) is 2. The van der Waals surface area contributed by atoms with Crippen molar-refractivity contribution in [2.45, 2.75) is 6.92 Å². The van der Waals surface area contributed by atoms with Crippen LogP contribution in [0.1, 0.15) is 21.5 Å². The lowest BCUT2D eigenvalue weighted by Crippen LogP contribution is -2.30. The van der Waals surface area contributed by atoms with Crippen LogP contribution in [-0.4, -0.2) is 26.0 Å². The van der Waals surface area contributed by atoms with E-state index in [1.165, 1.54) is 0 Å². The molecule has 0 heterocycles. The molecule has 0 aromatic heterocycles. The van der Waals surface area contributed by atoms with Gasteiger partial charge in [0, 0.05) is 16.8 Å². The first kappa shape index (κ1) is 21.6. The van der Waals surface area contributed by atoms with E-state index >= 15 is 0 Å². The van der Waals surface area contributed by atoms with Gasteiger partial charge in [0.2, 0.25) is 0 Å². The fraction of sp³-hybridized carbons (Fsp3) is 0.120. The van der Waals surface area contributed by atoms with Crippen molar-refractivity contribution in [1.82, 2.24) is 5.32 Å². The van der Waals surface area contributed by atoms with Crippen molar-refractivity contribution in [3.05, 3.63) is 95.2 Å². The van der Waals surface area contributed by atoms with Crippen molar-refractivity contribution < 1.29 is 19.1 Å². The number of carbonyl (C=O) groups excluding carboxylic acids is 2. The zero-order valence-electron chi connectivity index (χ0n) is 17.6. The molecule has 158 valence electrons. The van der Waals surface area contributed by atoms with Gasteiger partial charge in [-0.15, -0.1) is 0 Å². The lowest BCUT2D eigenvalue weighted by atomic mass is 10.1. The first-order valence-corrected chi connectivity index (χ1v) is 9.68. The molecule has 0 unspecified atom stereocenters. The summed E-state index contributed by atoms with van der Waals surface area (Å²) >= 11 is 0. The van der Waals surface area contributed by atoms with Gasteiger partial charge in [0.15, 0.2) is 0 Å². The van der Waals surface area contributed by atoms with E-state index in [0.717, 1.165) is 5.56 Å². The Hall–Kier alpha value is -4.06. The quantitative estimate of drug-likeness (QED) is 0.559. The summed E-state index contributed by atoms with van der Waals surface area (Å²) in [5.41, 5.74) is 2.73. The Morgan fingerprint density at radius 2 is 1.61 bits per heavy atom.